The maximum Gasteiger partial charge on any atom is 0.270 e. The third kappa shape index (κ3) is 3.43. The van der Waals surface area contributed by atoms with Crippen LogP contribution in [0.5, 0.6) is 5.75 Å². The number of aromatic nitrogens is 1. The molecular formula is C21H20FN3O3. The van der Waals surface area contributed by atoms with E-state index in [-0.39, 0.29) is 17.6 Å². The molecule has 2 aromatic carbocycles. The Kier molecular flexibility index (Phi) is 4.73. The van der Waals surface area contributed by atoms with Gasteiger partial charge in [0.25, 0.3) is 11.8 Å². The molecular weight excluding hydrogens is 361 g/mol. The van der Waals surface area contributed by atoms with Gasteiger partial charge >= 0.3 is 0 Å². The lowest BCUT2D eigenvalue weighted by Gasteiger charge is -2.34. The zero-order valence-corrected chi connectivity index (χ0v) is 15.4. The molecule has 144 valence electrons. The number of halogens is 1. The van der Waals surface area contributed by atoms with Crippen LogP contribution in [0.1, 0.15) is 20.8 Å². The van der Waals surface area contributed by atoms with Gasteiger partial charge in [-0.15, -0.1) is 0 Å². The predicted octanol–water partition coefficient (Wildman–Crippen LogP) is 2.91. The van der Waals surface area contributed by atoms with Crippen molar-refractivity contribution in [3.05, 3.63) is 65.6 Å². The molecule has 0 spiro atoms. The summed E-state index contributed by atoms with van der Waals surface area (Å²) >= 11 is 0. The van der Waals surface area contributed by atoms with Crippen molar-refractivity contribution in [3.63, 3.8) is 0 Å². The normalized spacial score (nSPS) is 14.4. The first kappa shape index (κ1) is 18.0. The number of nitrogens with zero attached hydrogens (tertiary/aromatic N) is 2. The van der Waals surface area contributed by atoms with Crippen molar-refractivity contribution in [2.45, 2.75) is 0 Å². The molecule has 6 nitrogen and oxygen atoms in total. The van der Waals surface area contributed by atoms with Crippen LogP contribution in [0.2, 0.25) is 0 Å². The fourth-order valence-corrected chi connectivity index (χ4v) is 3.41. The molecule has 7 heteroatoms. The molecule has 0 aliphatic carbocycles. The van der Waals surface area contributed by atoms with Gasteiger partial charge in [-0.2, -0.15) is 0 Å². The number of piperazine rings is 1. The number of H-pyrrole nitrogens is 1. The van der Waals surface area contributed by atoms with Gasteiger partial charge in [0.05, 0.1) is 7.11 Å². The smallest absolute Gasteiger partial charge is 0.270 e. The van der Waals surface area contributed by atoms with Crippen molar-refractivity contribution in [3.8, 4) is 5.75 Å². The van der Waals surface area contributed by atoms with Gasteiger partial charge in [0.1, 0.15) is 17.3 Å². The molecule has 1 aliphatic rings. The van der Waals surface area contributed by atoms with Crippen molar-refractivity contribution in [2.24, 2.45) is 0 Å². The third-order valence-corrected chi connectivity index (χ3v) is 5.00. The Morgan fingerprint density at radius 3 is 2.21 bits per heavy atom. The molecule has 4 rings (SSSR count). The number of methoxy groups -OCH3 is 1. The summed E-state index contributed by atoms with van der Waals surface area (Å²) in [6.07, 6.45) is 0. The average molecular weight is 381 g/mol. The largest absolute Gasteiger partial charge is 0.497 e. The van der Waals surface area contributed by atoms with E-state index in [2.05, 4.69) is 4.98 Å². The number of rotatable bonds is 3. The van der Waals surface area contributed by atoms with E-state index in [0.29, 0.717) is 37.4 Å². The van der Waals surface area contributed by atoms with Gasteiger partial charge in [-0.1, -0.05) is 0 Å². The van der Waals surface area contributed by atoms with E-state index in [1.165, 1.54) is 24.3 Å². The summed E-state index contributed by atoms with van der Waals surface area (Å²) in [7, 11) is 1.60. The van der Waals surface area contributed by atoms with Crippen molar-refractivity contribution in [2.75, 3.05) is 33.3 Å². The molecule has 1 aromatic heterocycles. The van der Waals surface area contributed by atoms with Gasteiger partial charge in [-0.3, -0.25) is 9.59 Å². The number of nitrogens with one attached hydrogen (secondary N) is 1. The number of aromatic amines is 1. The minimum absolute atomic E-state index is 0.0935. The Morgan fingerprint density at radius 2 is 1.57 bits per heavy atom. The first-order chi connectivity index (χ1) is 13.5. The van der Waals surface area contributed by atoms with E-state index in [1.54, 1.807) is 16.9 Å². The van der Waals surface area contributed by atoms with Crippen LogP contribution in [0.4, 0.5) is 4.39 Å². The van der Waals surface area contributed by atoms with E-state index in [9.17, 15) is 14.0 Å². The zero-order chi connectivity index (χ0) is 19.7. The third-order valence-electron chi connectivity index (χ3n) is 5.00. The summed E-state index contributed by atoms with van der Waals surface area (Å²) < 4.78 is 18.3. The van der Waals surface area contributed by atoms with Crippen molar-refractivity contribution >= 4 is 22.7 Å². The van der Waals surface area contributed by atoms with Crippen LogP contribution in [0.15, 0.2) is 48.5 Å². The highest BCUT2D eigenvalue weighted by Gasteiger charge is 2.26. The fraction of sp³-hybridized carbons (Fsp3) is 0.238. The van der Waals surface area contributed by atoms with Gasteiger partial charge in [0, 0.05) is 42.6 Å². The van der Waals surface area contributed by atoms with Gasteiger partial charge < -0.3 is 19.5 Å². The minimum atomic E-state index is -0.372. The summed E-state index contributed by atoms with van der Waals surface area (Å²) in [5.74, 6) is 0.121. The Balaban J connectivity index is 1.42. The number of amides is 2. The van der Waals surface area contributed by atoms with Gasteiger partial charge in [0.15, 0.2) is 0 Å². The number of carbonyl (C=O) groups is 2. The van der Waals surface area contributed by atoms with Crippen LogP contribution in [0.25, 0.3) is 10.9 Å². The molecule has 0 unspecified atom stereocenters. The number of ether oxygens (including phenoxy) is 1. The van der Waals surface area contributed by atoms with E-state index in [0.717, 1.165) is 16.7 Å². The van der Waals surface area contributed by atoms with Crippen LogP contribution in [0.3, 0.4) is 0 Å². The first-order valence-electron chi connectivity index (χ1n) is 9.06. The monoisotopic (exact) mass is 381 g/mol. The number of fused-ring (bicyclic) bond motifs is 1. The first-order valence-corrected chi connectivity index (χ1v) is 9.06. The fourth-order valence-electron chi connectivity index (χ4n) is 3.41. The van der Waals surface area contributed by atoms with Crippen molar-refractivity contribution in [1.29, 1.82) is 0 Å². The molecule has 1 N–H and O–H groups in total. The van der Waals surface area contributed by atoms with Crippen LogP contribution >= 0.6 is 0 Å². The summed E-state index contributed by atoms with van der Waals surface area (Å²) in [4.78, 5) is 31.9. The second-order valence-electron chi connectivity index (χ2n) is 6.73. The lowest BCUT2D eigenvalue weighted by atomic mass is 10.1. The van der Waals surface area contributed by atoms with E-state index < -0.39 is 0 Å². The molecule has 2 heterocycles. The van der Waals surface area contributed by atoms with E-state index in [1.807, 2.05) is 24.3 Å². The van der Waals surface area contributed by atoms with Crippen LogP contribution in [-0.2, 0) is 0 Å². The highest BCUT2D eigenvalue weighted by atomic mass is 19.1. The minimum Gasteiger partial charge on any atom is -0.497 e. The summed E-state index contributed by atoms with van der Waals surface area (Å²) in [6, 6.07) is 12.9. The maximum atomic E-state index is 13.0. The average Bonchev–Trinajstić information content (AvgIpc) is 3.16. The second-order valence-corrected chi connectivity index (χ2v) is 6.73. The summed E-state index contributed by atoms with van der Waals surface area (Å²) in [5, 5.41) is 0.910. The van der Waals surface area contributed by atoms with Crippen LogP contribution in [-0.4, -0.2) is 59.9 Å². The second kappa shape index (κ2) is 7.34. The van der Waals surface area contributed by atoms with Crippen LogP contribution < -0.4 is 4.74 Å². The molecule has 2 amide bonds. The predicted molar refractivity (Wildman–Crippen MR) is 103 cm³/mol. The molecule has 1 fully saturated rings. The molecule has 28 heavy (non-hydrogen) atoms. The highest BCUT2D eigenvalue weighted by molar-refractivity contribution is 5.99. The van der Waals surface area contributed by atoms with Gasteiger partial charge in [-0.25, -0.2) is 4.39 Å². The molecule has 1 saturated heterocycles. The summed E-state index contributed by atoms with van der Waals surface area (Å²) in [5.41, 5.74) is 1.83. The zero-order valence-electron chi connectivity index (χ0n) is 15.4. The Bertz CT molecular complexity index is 1020. The molecule has 0 bridgehead atoms. The van der Waals surface area contributed by atoms with Crippen molar-refractivity contribution < 1.29 is 18.7 Å². The van der Waals surface area contributed by atoms with E-state index >= 15 is 0 Å². The standard InChI is InChI=1S/C21H20FN3O3/c1-28-17-6-7-18-15(12-17)13-19(23-18)21(27)25-10-8-24(9-11-25)20(26)14-2-4-16(22)5-3-14/h2-7,12-13,23H,8-11H2,1H3. The van der Waals surface area contributed by atoms with Crippen molar-refractivity contribution in [1.82, 2.24) is 14.8 Å². The highest BCUT2D eigenvalue weighted by Crippen LogP contribution is 2.22. The van der Waals surface area contributed by atoms with Gasteiger partial charge in [-0.05, 0) is 48.5 Å². The Hall–Kier alpha value is -3.35. The van der Waals surface area contributed by atoms with E-state index in [4.69, 9.17) is 4.74 Å². The number of carbonyl (C=O) groups excluding carboxylic acids is 2. The topological polar surface area (TPSA) is 65.6 Å². The molecule has 0 atom stereocenters. The number of benzene rings is 2. The number of hydrogen-bond donors (Lipinski definition) is 1. The summed E-state index contributed by atoms with van der Waals surface area (Å²) in [6.45, 7) is 1.78. The quantitative estimate of drug-likeness (QED) is 0.759. The lowest BCUT2D eigenvalue weighted by molar-refractivity contribution is 0.0533. The SMILES string of the molecule is COc1ccc2[nH]c(C(=O)N3CCN(C(=O)c4ccc(F)cc4)CC3)cc2c1. The number of hydrogen-bond acceptors (Lipinski definition) is 3. The Labute approximate surface area is 161 Å². The maximum absolute atomic E-state index is 13.0. The molecule has 1 aliphatic heterocycles. The molecule has 3 aromatic rings. The Morgan fingerprint density at radius 1 is 0.929 bits per heavy atom. The molecule has 0 radical (unpaired) electrons. The molecule has 0 saturated carbocycles. The lowest BCUT2D eigenvalue weighted by Crippen LogP contribution is -2.50. The van der Waals surface area contributed by atoms with Crippen LogP contribution in [0, 0.1) is 5.82 Å². The van der Waals surface area contributed by atoms with Gasteiger partial charge in [0.2, 0.25) is 0 Å².